The minimum atomic E-state index is -0.525. The van der Waals surface area contributed by atoms with E-state index in [1.54, 1.807) is 12.1 Å². The summed E-state index contributed by atoms with van der Waals surface area (Å²) < 4.78 is 29.1. The Hall–Kier alpha value is -3.55. The molecule has 0 unspecified atom stereocenters. The van der Waals surface area contributed by atoms with E-state index in [2.05, 4.69) is 22.7 Å². The highest BCUT2D eigenvalue weighted by Gasteiger charge is 2.06. The van der Waals surface area contributed by atoms with Gasteiger partial charge >= 0.3 is 5.97 Å². The number of carbonyl (C=O) groups excluding carboxylic acids is 1. The summed E-state index contributed by atoms with van der Waals surface area (Å²) in [7, 11) is 1.28. The molecule has 0 atom stereocenters. The SMILES string of the molecule is C=C(/C=C\C(=N)COCCNCc1ccc2cc(CCc3ccc(F)cc3)oc2c1)C(=O)OC. The van der Waals surface area contributed by atoms with Gasteiger partial charge in [0.05, 0.1) is 31.6 Å². The Balaban J connectivity index is 1.37. The number of ether oxygens (including phenoxy) is 2. The molecule has 1 heterocycles. The van der Waals surface area contributed by atoms with E-state index in [0.29, 0.717) is 19.7 Å². The van der Waals surface area contributed by atoms with Crippen LogP contribution in [0.3, 0.4) is 0 Å². The molecule has 3 aromatic rings. The molecule has 0 aliphatic rings. The van der Waals surface area contributed by atoms with Gasteiger partial charge in [-0.2, -0.15) is 0 Å². The highest BCUT2D eigenvalue weighted by Crippen LogP contribution is 2.22. The van der Waals surface area contributed by atoms with Crippen molar-refractivity contribution < 1.29 is 23.1 Å². The standard InChI is InChI=1S/C27H29FN2O4/c1-19(27(31)32-2)3-11-24(29)18-33-14-13-30-17-21-4-8-22-16-25(34-26(22)15-21)12-7-20-5-9-23(28)10-6-20/h3-6,8-11,15-16,29-30H,1,7,12-14,17-18H2,2H3/b11-3-,29-24?. The van der Waals surface area contributed by atoms with Crippen LogP contribution in [-0.4, -0.2) is 38.5 Å². The number of hydrogen-bond donors (Lipinski definition) is 2. The summed E-state index contributed by atoms with van der Waals surface area (Å²) in [5.74, 6) is 0.156. The second-order valence-electron chi connectivity index (χ2n) is 7.82. The molecule has 0 fully saturated rings. The van der Waals surface area contributed by atoms with Crippen LogP contribution in [0.5, 0.6) is 0 Å². The van der Waals surface area contributed by atoms with E-state index in [9.17, 15) is 9.18 Å². The van der Waals surface area contributed by atoms with Crippen LogP contribution < -0.4 is 5.32 Å². The van der Waals surface area contributed by atoms with Crippen LogP contribution in [0.4, 0.5) is 4.39 Å². The lowest BCUT2D eigenvalue weighted by Crippen LogP contribution is -2.20. The lowest BCUT2D eigenvalue weighted by Gasteiger charge is -2.06. The number of furan rings is 1. The number of halogens is 1. The van der Waals surface area contributed by atoms with Gasteiger partial charge in [-0.1, -0.05) is 30.8 Å². The van der Waals surface area contributed by atoms with Crippen LogP contribution in [0, 0.1) is 11.2 Å². The second kappa shape index (κ2) is 12.6. The van der Waals surface area contributed by atoms with Crippen molar-refractivity contribution in [2.45, 2.75) is 19.4 Å². The highest BCUT2D eigenvalue weighted by atomic mass is 19.1. The normalized spacial score (nSPS) is 11.2. The Kier molecular flexibility index (Phi) is 9.31. The maximum absolute atomic E-state index is 13.0. The van der Waals surface area contributed by atoms with Gasteiger partial charge in [-0.25, -0.2) is 9.18 Å². The third kappa shape index (κ3) is 7.79. The fourth-order valence-electron chi connectivity index (χ4n) is 3.29. The lowest BCUT2D eigenvalue weighted by atomic mass is 10.1. The first-order valence-corrected chi connectivity index (χ1v) is 11.0. The van der Waals surface area contributed by atoms with E-state index in [4.69, 9.17) is 14.6 Å². The Morgan fingerprint density at radius 2 is 1.88 bits per heavy atom. The van der Waals surface area contributed by atoms with E-state index in [0.717, 1.165) is 40.7 Å². The van der Waals surface area contributed by atoms with Gasteiger partial charge < -0.3 is 24.6 Å². The van der Waals surface area contributed by atoms with Crippen molar-refractivity contribution in [1.82, 2.24) is 5.32 Å². The van der Waals surface area contributed by atoms with Crippen molar-refractivity contribution in [1.29, 1.82) is 5.41 Å². The summed E-state index contributed by atoms with van der Waals surface area (Å²) >= 11 is 0. The molecule has 0 amide bonds. The van der Waals surface area contributed by atoms with Crippen molar-refractivity contribution in [2.24, 2.45) is 0 Å². The number of methoxy groups -OCH3 is 1. The summed E-state index contributed by atoms with van der Waals surface area (Å²) in [4.78, 5) is 11.2. The number of nitrogens with one attached hydrogen (secondary N) is 2. The molecule has 0 spiro atoms. The van der Waals surface area contributed by atoms with Crippen LogP contribution in [0.25, 0.3) is 11.0 Å². The molecule has 0 saturated heterocycles. The number of benzene rings is 2. The van der Waals surface area contributed by atoms with Gasteiger partial charge in [0.15, 0.2) is 0 Å². The zero-order valence-corrected chi connectivity index (χ0v) is 19.2. The van der Waals surface area contributed by atoms with Crippen LogP contribution in [-0.2, 0) is 33.7 Å². The molecule has 34 heavy (non-hydrogen) atoms. The molecular weight excluding hydrogens is 435 g/mol. The molecule has 0 bridgehead atoms. The number of aryl methyl sites for hydroxylation is 2. The third-order valence-corrected chi connectivity index (χ3v) is 5.15. The van der Waals surface area contributed by atoms with Gasteiger partial charge in [0.2, 0.25) is 0 Å². The summed E-state index contributed by atoms with van der Waals surface area (Å²) in [5.41, 5.74) is 3.44. The maximum Gasteiger partial charge on any atom is 0.337 e. The van der Waals surface area contributed by atoms with Crippen LogP contribution in [0.1, 0.15) is 16.9 Å². The van der Waals surface area contributed by atoms with E-state index in [1.807, 2.05) is 18.2 Å². The molecule has 0 aliphatic heterocycles. The smallest absolute Gasteiger partial charge is 0.337 e. The van der Waals surface area contributed by atoms with Gasteiger partial charge in [-0.15, -0.1) is 0 Å². The molecule has 6 nitrogen and oxygen atoms in total. The molecule has 2 aromatic carbocycles. The number of hydrogen-bond acceptors (Lipinski definition) is 6. The molecule has 3 rings (SSSR count). The molecule has 0 saturated carbocycles. The van der Waals surface area contributed by atoms with Crippen molar-refractivity contribution >= 4 is 22.7 Å². The fourth-order valence-corrected chi connectivity index (χ4v) is 3.29. The maximum atomic E-state index is 13.0. The Morgan fingerprint density at radius 1 is 1.12 bits per heavy atom. The summed E-state index contributed by atoms with van der Waals surface area (Å²) in [6.45, 7) is 5.46. The van der Waals surface area contributed by atoms with Crippen molar-refractivity contribution in [2.75, 3.05) is 26.9 Å². The predicted molar refractivity (Wildman–Crippen MR) is 131 cm³/mol. The Morgan fingerprint density at radius 3 is 2.65 bits per heavy atom. The van der Waals surface area contributed by atoms with E-state index in [-0.39, 0.29) is 23.7 Å². The van der Waals surface area contributed by atoms with Crippen molar-refractivity contribution in [3.63, 3.8) is 0 Å². The second-order valence-corrected chi connectivity index (χ2v) is 7.82. The third-order valence-electron chi connectivity index (χ3n) is 5.15. The summed E-state index contributed by atoms with van der Waals surface area (Å²) in [5, 5.41) is 12.2. The number of carbonyl (C=O) groups is 1. The summed E-state index contributed by atoms with van der Waals surface area (Å²) in [6, 6.07) is 14.7. The number of rotatable bonds is 13. The van der Waals surface area contributed by atoms with Crippen LogP contribution in [0.15, 0.2) is 77.3 Å². The highest BCUT2D eigenvalue weighted by molar-refractivity contribution is 5.97. The van der Waals surface area contributed by atoms with Crippen molar-refractivity contribution in [3.8, 4) is 0 Å². The first kappa shape index (κ1) is 25.1. The first-order chi connectivity index (χ1) is 16.4. The molecule has 0 radical (unpaired) electrons. The average Bonchev–Trinajstić information content (AvgIpc) is 3.26. The Bertz CT molecular complexity index is 1170. The first-order valence-electron chi connectivity index (χ1n) is 11.0. The Labute approximate surface area is 198 Å². The summed E-state index contributed by atoms with van der Waals surface area (Å²) in [6.07, 6.45) is 4.46. The van der Waals surface area contributed by atoms with E-state index >= 15 is 0 Å². The molecule has 0 aliphatic carbocycles. The fraction of sp³-hybridized carbons (Fsp3) is 0.259. The minimum absolute atomic E-state index is 0.145. The topological polar surface area (TPSA) is 84.5 Å². The minimum Gasteiger partial charge on any atom is -0.465 e. The molecule has 2 N–H and O–H groups in total. The average molecular weight is 465 g/mol. The van der Waals surface area contributed by atoms with Gasteiger partial charge in [-0.3, -0.25) is 0 Å². The number of fused-ring (bicyclic) bond motifs is 1. The largest absolute Gasteiger partial charge is 0.465 e. The van der Waals surface area contributed by atoms with E-state index < -0.39 is 5.97 Å². The zero-order chi connectivity index (χ0) is 24.3. The predicted octanol–water partition coefficient (Wildman–Crippen LogP) is 4.77. The van der Waals surface area contributed by atoms with Crippen molar-refractivity contribution in [3.05, 3.63) is 95.5 Å². The molecule has 178 valence electrons. The van der Waals surface area contributed by atoms with Gasteiger partial charge in [0.25, 0.3) is 0 Å². The zero-order valence-electron chi connectivity index (χ0n) is 19.2. The number of esters is 1. The molecular formula is C27H29FN2O4. The molecule has 7 heteroatoms. The van der Waals surface area contributed by atoms with E-state index in [1.165, 1.54) is 31.4 Å². The molecule has 1 aromatic heterocycles. The lowest BCUT2D eigenvalue weighted by molar-refractivity contribution is -0.135. The monoisotopic (exact) mass is 464 g/mol. The van der Waals surface area contributed by atoms with Gasteiger partial charge in [-0.05, 0) is 54.0 Å². The van der Waals surface area contributed by atoms with Gasteiger partial charge in [0, 0.05) is 24.9 Å². The van der Waals surface area contributed by atoms with Crippen LogP contribution in [0.2, 0.25) is 0 Å². The van der Waals surface area contributed by atoms with Crippen LogP contribution >= 0.6 is 0 Å². The quantitative estimate of drug-likeness (QED) is 0.125. The van der Waals surface area contributed by atoms with Gasteiger partial charge in [0.1, 0.15) is 17.2 Å².